The van der Waals surface area contributed by atoms with Crippen LogP contribution in [0.25, 0.3) is 0 Å². The summed E-state index contributed by atoms with van der Waals surface area (Å²) >= 11 is 0. The Hall–Kier alpha value is -1.38. The van der Waals surface area contributed by atoms with Crippen molar-refractivity contribution < 1.29 is 4.79 Å². The standard InChI is InChI=1S/C15H24N2O/c1-5-7-11-17(13(4)6-2)15(18)14-10-8-9-12(3)16-14/h8-10,13H,5-7,11H2,1-4H3. The second-order valence-electron chi connectivity index (χ2n) is 4.77. The third kappa shape index (κ3) is 3.83. The van der Waals surface area contributed by atoms with E-state index in [9.17, 15) is 4.79 Å². The summed E-state index contributed by atoms with van der Waals surface area (Å²) in [5.41, 5.74) is 1.45. The summed E-state index contributed by atoms with van der Waals surface area (Å²) in [6.45, 7) is 9.09. The summed E-state index contributed by atoms with van der Waals surface area (Å²) in [5, 5.41) is 0. The molecular weight excluding hydrogens is 224 g/mol. The topological polar surface area (TPSA) is 33.2 Å². The van der Waals surface area contributed by atoms with Crippen molar-refractivity contribution in [2.75, 3.05) is 6.54 Å². The summed E-state index contributed by atoms with van der Waals surface area (Å²) in [5.74, 6) is 0.0569. The molecule has 1 rings (SSSR count). The van der Waals surface area contributed by atoms with E-state index < -0.39 is 0 Å². The van der Waals surface area contributed by atoms with Crippen LogP contribution in [0.5, 0.6) is 0 Å². The molecule has 1 unspecified atom stereocenters. The van der Waals surface area contributed by atoms with E-state index in [-0.39, 0.29) is 11.9 Å². The number of amides is 1. The Balaban J connectivity index is 2.87. The number of hydrogen-bond acceptors (Lipinski definition) is 2. The second-order valence-corrected chi connectivity index (χ2v) is 4.77. The molecule has 0 aliphatic rings. The minimum absolute atomic E-state index is 0.0569. The van der Waals surface area contributed by atoms with Crippen molar-refractivity contribution in [1.29, 1.82) is 0 Å². The first-order valence-electron chi connectivity index (χ1n) is 6.84. The first-order valence-corrected chi connectivity index (χ1v) is 6.84. The predicted octanol–water partition coefficient (Wildman–Crippen LogP) is 3.43. The Morgan fingerprint density at radius 2 is 2.11 bits per heavy atom. The Bertz CT molecular complexity index is 390. The minimum atomic E-state index is 0.0569. The molecule has 0 saturated heterocycles. The Kier molecular flexibility index (Phi) is 5.83. The van der Waals surface area contributed by atoms with Crippen molar-refractivity contribution in [2.45, 2.75) is 53.0 Å². The van der Waals surface area contributed by atoms with E-state index in [1.807, 2.05) is 24.0 Å². The molecule has 3 heteroatoms. The van der Waals surface area contributed by atoms with Crippen molar-refractivity contribution in [2.24, 2.45) is 0 Å². The highest BCUT2D eigenvalue weighted by Gasteiger charge is 2.20. The van der Waals surface area contributed by atoms with Gasteiger partial charge in [0.1, 0.15) is 5.69 Å². The average Bonchev–Trinajstić information content (AvgIpc) is 2.38. The SMILES string of the molecule is CCCCN(C(=O)c1cccc(C)n1)C(C)CC. The lowest BCUT2D eigenvalue weighted by molar-refractivity contribution is 0.0679. The zero-order chi connectivity index (χ0) is 13.5. The Morgan fingerprint density at radius 1 is 1.39 bits per heavy atom. The van der Waals surface area contributed by atoms with Gasteiger partial charge in [0.15, 0.2) is 0 Å². The van der Waals surface area contributed by atoms with Crippen LogP contribution in [0.4, 0.5) is 0 Å². The number of pyridine rings is 1. The van der Waals surface area contributed by atoms with Crippen LogP contribution in [0, 0.1) is 6.92 Å². The van der Waals surface area contributed by atoms with E-state index >= 15 is 0 Å². The zero-order valence-corrected chi connectivity index (χ0v) is 11.9. The third-order valence-electron chi connectivity index (χ3n) is 3.24. The molecule has 0 aromatic carbocycles. The van der Waals surface area contributed by atoms with Crippen molar-refractivity contribution in [1.82, 2.24) is 9.88 Å². The number of unbranched alkanes of at least 4 members (excludes halogenated alkanes) is 1. The van der Waals surface area contributed by atoms with Gasteiger partial charge in [-0.2, -0.15) is 0 Å². The van der Waals surface area contributed by atoms with Crippen molar-refractivity contribution >= 4 is 5.91 Å². The Labute approximate surface area is 110 Å². The van der Waals surface area contributed by atoms with Crippen LogP contribution in [0.15, 0.2) is 18.2 Å². The molecule has 18 heavy (non-hydrogen) atoms. The highest BCUT2D eigenvalue weighted by Crippen LogP contribution is 2.11. The summed E-state index contributed by atoms with van der Waals surface area (Å²) in [6, 6.07) is 5.88. The maximum absolute atomic E-state index is 12.5. The quantitative estimate of drug-likeness (QED) is 0.772. The number of hydrogen-bond donors (Lipinski definition) is 0. The van der Waals surface area contributed by atoms with Gasteiger partial charge in [0.05, 0.1) is 0 Å². The molecule has 0 saturated carbocycles. The molecule has 1 aromatic heterocycles. The lowest BCUT2D eigenvalue weighted by Crippen LogP contribution is -2.39. The lowest BCUT2D eigenvalue weighted by Gasteiger charge is -2.28. The average molecular weight is 248 g/mol. The molecule has 0 spiro atoms. The maximum Gasteiger partial charge on any atom is 0.272 e. The van der Waals surface area contributed by atoms with E-state index in [0.29, 0.717) is 5.69 Å². The first kappa shape index (κ1) is 14.7. The fourth-order valence-electron chi connectivity index (χ4n) is 1.88. The van der Waals surface area contributed by atoms with Gasteiger partial charge in [-0.3, -0.25) is 4.79 Å². The minimum Gasteiger partial charge on any atom is -0.335 e. The van der Waals surface area contributed by atoms with Gasteiger partial charge in [0.25, 0.3) is 5.91 Å². The molecule has 1 aromatic rings. The fourth-order valence-corrected chi connectivity index (χ4v) is 1.88. The van der Waals surface area contributed by atoms with E-state index in [4.69, 9.17) is 0 Å². The number of carbonyl (C=O) groups is 1. The fraction of sp³-hybridized carbons (Fsp3) is 0.600. The molecular formula is C15H24N2O. The molecule has 100 valence electrons. The van der Waals surface area contributed by atoms with E-state index in [2.05, 4.69) is 25.8 Å². The highest BCUT2D eigenvalue weighted by molar-refractivity contribution is 5.92. The smallest absolute Gasteiger partial charge is 0.272 e. The third-order valence-corrected chi connectivity index (χ3v) is 3.24. The van der Waals surface area contributed by atoms with Gasteiger partial charge in [0, 0.05) is 18.3 Å². The van der Waals surface area contributed by atoms with E-state index in [0.717, 1.165) is 31.5 Å². The lowest BCUT2D eigenvalue weighted by atomic mass is 10.1. The van der Waals surface area contributed by atoms with E-state index in [1.165, 1.54) is 0 Å². The van der Waals surface area contributed by atoms with Gasteiger partial charge in [-0.15, -0.1) is 0 Å². The van der Waals surface area contributed by atoms with Gasteiger partial charge in [-0.25, -0.2) is 4.98 Å². The van der Waals surface area contributed by atoms with Crippen LogP contribution in [0.3, 0.4) is 0 Å². The summed E-state index contributed by atoms with van der Waals surface area (Å²) in [6.07, 6.45) is 3.12. The van der Waals surface area contributed by atoms with Crippen LogP contribution in [0.1, 0.15) is 56.2 Å². The molecule has 0 fully saturated rings. The van der Waals surface area contributed by atoms with Crippen LogP contribution in [-0.2, 0) is 0 Å². The number of rotatable bonds is 6. The molecule has 0 aliphatic carbocycles. The van der Waals surface area contributed by atoms with Gasteiger partial charge < -0.3 is 4.90 Å². The first-order chi connectivity index (χ1) is 8.60. The molecule has 3 nitrogen and oxygen atoms in total. The number of aryl methyl sites for hydroxylation is 1. The van der Waals surface area contributed by atoms with Crippen LogP contribution < -0.4 is 0 Å². The van der Waals surface area contributed by atoms with Crippen molar-refractivity contribution in [3.8, 4) is 0 Å². The molecule has 1 heterocycles. The number of nitrogens with zero attached hydrogens (tertiary/aromatic N) is 2. The Morgan fingerprint density at radius 3 is 2.67 bits per heavy atom. The van der Waals surface area contributed by atoms with Gasteiger partial charge >= 0.3 is 0 Å². The number of carbonyl (C=O) groups excluding carboxylic acids is 1. The molecule has 0 N–H and O–H groups in total. The summed E-state index contributed by atoms with van der Waals surface area (Å²) in [7, 11) is 0. The zero-order valence-electron chi connectivity index (χ0n) is 11.9. The normalized spacial score (nSPS) is 12.2. The van der Waals surface area contributed by atoms with Gasteiger partial charge in [-0.05, 0) is 38.8 Å². The van der Waals surface area contributed by atoms with Crippen LogP contribution >= 0.6 is 0 Å². The molecule has 1 atom stereocenters. The predicted molar refractivity (Wildman–Crippen MR) is 74.7 cm³/mol. The molecule has 0 radical (unpaired) electrons. The summed E-state index contributed by atoms with van der Waals surface area (Å²) < 4.78 is 0. The number of aromatic nitrogens is 1. The molecule has 0 aliphatic heterocycles. The van der Waals surface area contributed by atoms with Gasteiger partial charge in [0.2, 0.25) is 0 Å². The molecule has 1 amide bonds. The van der Waals surface area contributed by atoms with Crippen LogP contribution in [-0.4, -0.2) is 28.4 Å². The largest absolute Gasteiger partial charge is 0.335 e. The van der Waals surface area contributed by atoms with Crippen molar-refractivity contribution in [3.05, 3.63) is 29.6 Å². The molecule has 0 bridgehead atoms. The summed E-state index contributed by atoms with van der Waals surface area (Å²) in [4.78, 5) is 18.7. The van der Waals surface area contributed by atoms with Gasteiger partial charge in [-0.1, -0.05) is 26.3 Å². The highest BCUT2D eigenvalue weighted by atomic mass is 16.2. The monoisotopic (exact) mass is 248 g/mol. The second kappa shape index (κ2) is 7.14. The van der Waals surface area contributed by atoms with E-state index in [1.54, 1.807) is 6.07 Å². The maximum atomic E-state index is 12.5. The van der Waals surface area contributed by atoms with Crippen LogP contribution in [0.2, 0.25) is 0 Å². The van der Waals surface area contributed by atoms with Crippen molar-refractivity contribution in [3.63, 3.8) is 0 Å².